The second-order valence-corrected chi connectivity index (χ2v) is 7.92. The standard InChI is InChI=1S/C18H22N4O4S/c1-2-20-11-13-21(14-12-20)16-8-4-3-7-15(16)19-27(25,26)18-10-6-5-9-17(18)22(23)24/h3-10,19H,2,11-14H2,1H3. The summed E-state index contributed by atoms with van der Waals surface area (Å²) in [5.74, 6) is 0. The van der Waals surface area contributed by atoms with Gasteiger partial charge in [0.1, 0.15) is 0 Å². The van der Waals surface area contributed by atoms with E-state index in [0.29, 0.717) is 5.69 Å². The van der Waals surface area contributed by atoms with Crippen molar-refractivity contribution in [3.05, 3.63) is 58.6 Å². The highest BCUT2D eigenvalue weighted by molar-refractivity contribution is 7.92. The Labute approximate surface area is 158 Å². The molecule has 2 aromatic carbocycles. The molecule has 0 radical (unpaired) electrons. The van der Waals surface area contributed by atoms with Gasteiger partial charge in [-0.25, -0.2) is 8.42 Å². The minimum Gasteiger partial charge on any atom is -0.367 e. The summed E-state index contributed by atoms with van der Waals surface area (Å²) in [6.07, 6.45) is 0. The van der Waals surface area contributed by atoms with E-state index in [4.69, 9.17) is 0 Å². The van der Waals surface area contributed by atoms with Crippen LogP contribution in [0.15, 0.2) is 53.4 Å². The number of benzene rings is 2. The predicted octanol–water partition coefficient (Wildman–Crippen LogP) is 2.54. The number of anilines is 2. The highest BCUT2D eigenvalue weighted by Gasteiger charge is 2.27. The van der Waals surface area contributed by atoms with Gasteiger partial charge in [-0.05, 0) is 24.7 Å². The fraction of sp³-hybridized carbons (Fsp3) is 0.333. The van der Waals surface area contributed by atoms with E-state index in [1.165, 1.54) is 24.3 Å². The molecule has 0 aliphatic carbocycles. The van der Waals surface area contributed by atoms with Gasteiger partial charge in [0.25, 0.3) is 15.7 Å². The lowest BCUT2D eigenvalue weighted by molar-refractivity contribution is -0.387. The van der Waals surface area contributed by atoms with E-state index in [9.17, 15) is 18.5 Å². The molecular weight excluding hydrogens is 368 g/mol. The maximum atomic E-state index is 12.8. The average molecular weight is 390 g/mol. The van der Waals surface area contributed by atoms with Crippen LogP contribution in [0.1, 0.15) is 6.92 Å². The predicted molar refractivity (Wildman–Crippen MR) is 105 cm³/mol. The van der Waals surface area contributed by atoms with Crippen molar-refractivity contribution in [2.75, 3.05) is 42.3 Å². The molecule has 0 aromatic heterocycles. The Morgan fingerprint density at radius 2 is 1.67 bits per heavy atom. The van der Waals surface area contributed by atoms with E-state index < -0.39 is 20.6 Å². The zero-order chi connectivity index (χ0) is 19.4. The largest absolute Gasteiger partial charge is 0.367 e. The molecule has 2 aromatic rings. The summed E-state index contributed by atoms with van der Waals surface area (Å²) >= 11 is 0. The summed E-state index contributed by atoms with van der Waals surface area (Å²) in [4.78, 5) is 14.6. The quantitative estimate of drug-likeness (QED) is 0.601. The molecule has 1 saturated heterocycles. The van der Waals surface area contributed by atoms with E-state index in [2.05, 4.69) is 21.4 Å². The Balaban J connectivity index is 1.90. The van der Waals surface area contributed by atoms with Crippen LogP contribution in [0.4, 0.5) is 17.1 Å². The first-order valence-corrected chi connectivity index (χ1v) is 10.2. The molecule has 0 saturated carbocycles. The van der Waals surface area contributed by atoms with Crippen LogP contribution in [-0.2, 0) is 10.0 Å². The lowest BCUT2D eigenvalue weighted by Gasteiger charge is -2.36. The maximum absolute atomic E-state index is 12.8. The summed E-state index contributed by atoms with van der Waals surface area (Å²) in [7, 11) is -4.09. The molecule has 1 fully saturated rings. The summed E-state index contributed by atoms with van der Waals surface area (Å²) in [6, 6.07) is 12.5. The Morgan fingerprint density at radius 1 is 1.04 bits per heavy atom. The number of rotatable bonds is 6. The van der Waals surface area contributed by atoms with Crippen molar-refractivity contribution in [3.63, 3.8) is 0 Å². The lowest BCUT2D eigenvalue weighted by atomic mass is 10.2. The monoisotopic (exact) mass is 390 g/mol. The van der Waals surface area contributed by atoms with Gasteiger partial charge in [-0.15, -0.1) is 0 Å². The van der Waals surface area contributed by atoms with Crippen LogP contribution >= 0.6 is 0 Å². The Bertz CT molecular complexity index is 924. The van der Waals surface area contributed by atoms with Gasteiger partial charge < -0.3 is 9.80 Å². The third-order valence-electron chi connectivity index (χ3n) is 4.66. The third-order valence-corrected chi connectivity index (χ3v) is 6.07. The van der Waals surface area contributed by atoms with Gasteiger partial charge in [0, 0.05) is 32.2 Å². The van der Waals surface area contributed by atoms with Crippen LogP contribution < -0.4 is 9.62 Å². The van der Waals surface area contributed by atoms with Gasteiger partial charge in [0.05, 0.1) is 16.3 Å². The molecule has 0 atom stereocenters. The van der Waals surface area contributed by atoms with Crippen molar-refractivity contribution in [2.45, 2.75) is 11.8 Å². The summed E-state index contributed by atoms with van der Waals surface area (Å²) < 4.78 is 28.2. The van der Waals surface area contributed by atoms with Crippen LogP contribution in [0.2, 0.25) is 0 Å². The van der Waals surface area contributed by atoms with Gasteiger partial charge in [-0.3, -0.25) is 14.8 Å². The highest BCUT2D eigenvalue weighted by atomic mass is 32.2. The van der Waals surface area contributed by atoms with E-state index in [0.717, 1.165) is 38.4 Å². The number of nitro groups is 1. The zero-order valence-corrected chi connectivity index (χ0v) is 15.9. The number of sulfonamides is 1. The van der Waals surface area contributed by atoms with Crippen molar-refractivity contribution < 1.29 is 13.3 Å². The second-order valence-electron chi connectivity index (χ2n) is 6.27. The van der Waals surface area contributed by atoms with E-state index in [1.807, 2.05) is 12.1 Å². The fourth-order valence-electron chi connectivity index (χ4n) is 3.18. The minimum absolute atomic E-state index is 0.347. The molecule has 1 aliphatic rings. The molecule has 9 heteroatoms. The molecule has 144 valence electrons. The normalized spacial score (nSPS) is 15.5. The molecule has 27 heavy (non-hydrogen) atoms. The molecule has 0 spiro atoms. The van der Waals surface area contributed by atoms with Gasteiger partial charge >= 0.3 is 0 Å². The summed E-state index contributed by atoms with van der Waals surface area (Å²) in [6.45, 7) is 6.49. The topological polar surface area (TPSA) is 95.8 Å². The zero-order valence-electron chi connectivity index (χ0n) is 15.0. The minimum atomic E-state index is -4.09. The highest BCUT2D eigenvalue weighted by Crippen LogP contribution is 2.31. The number of hydrogen-bond donors (Lipinski definition) is 1. The van der Waals surface area contributed by atoms with Crippen LogP contribution in [0, 0.1) is 10.1 Å². The first-order valence-electron chi connectivity index (χ1n) is 8.75. The molecular formula is C18H22N4O4S. The number of nitro benzene ring substituents is 1. The Morgan fingerprint density at radius 3 is 2.33 bits per heavy atom. The number of likely N-dealkylation sites (N-methyl/N-ethyl adjacent to an activating group) is 1. The number of hydrogen-bond acceptors (Lipinski definition) is 6. The molecule has 1 heterocycles. The Kier molecular flexibility index (Phi) is 5.62. The van der Waals surface area contributed by atoms with Gasteiger partial charge in [0.2, 0.25) is 0 Å². The SMILES string of the molecule is CCN1CCN(c2ccccc2NS(=O)(=O)c2ccccc2[N+](=O)[O-])CC1. The van der Waals surface area contributed by atoms with Crippen LogP contribution in [0.3, 0.4) is 0 Å². The maximum Gasteiger partial charge on any atom is 0.289 e. The van der Waals surface area contributed by atoms with Crippen molar-refractivity contribution in [2.24, 2.45) is 0 Å². The van der Waals surface area contributed by atoms with Crippen molar-refractivity contribution in [3.8, 4) is 0 Å². The molecule has 1 N–H and O–H groups in total. The van der Waals surface area contributed by atoms with Crippen molar-refractivity contribution >= 4 is 27.1 Å². The summed E-state index contributed by atoms with van der Waals surface area (Å²) in [5, 5.41) is 11.2. The van der Waals surface area contributed by atoms with Crippen LogP contribution in [0.25, 0.3) is 0 Å². The van der Waals surface area contributed by atoms with E-state index in [-0.39, 0.29) is 4.90 Å². The Hall–Kier alpha value is -2.65. The number of para-hydroxylation sites is 3. The van der Waals surface area contributed by atoms with Crippen LogP contribution in [-0.4, -0.2) is 51.0 Å². The third kappa shape index (κ3) is 4.20. The van der Waals surface area contributed by atoms with Crippen molar-refractivity contribution in [1.29, 1.82) is 0 Å². The molecule has 0 amide bonds. The number of nitrogens with zero attached hydrogens (tertiary/aromatic N) is 3. The number of piperazine rings is 1. The lowest BCUT2D eigenvalue weighted by Crippen LogP contribution is -2.46. The van der Waals surface area contributed by atoms with Crippen molar-refractivity contribution in [1.82, 2.24) is 4.90 Å². The molecule has 1 aliphatic heterocycles. The van der Waals surface area contributed by atoms with E-state index >= 15 is 0 Å². The molecule has 8 nitrogen and oxygen atoms in total. The second kappa shape index (κ2) is 7.93. The first-order chi connectivity index (χ1) is 12.9. The summed E-state index contributed by atoms with van der Waals surface area (Å²) in [5.41, 5.74) is 0.745. The van der Waals surface area contributed by atoms with E-state index in [1.54, 1.807) is 12.1 Å². The van der Waals surface area contributed by atoms with Gasteiger partial charge in [0.15, 0.2) is 4.90 Å². The fourth-order valence-corrected chi connectivity index (χ4v) is 4.42. The molecule has 0 unspecified atom stereocenters. The molecule has 0 bridgehead atoms. The number of nitrogens with one attached hydrogen (secondary N) is 1. The smallest absolute Gasteiger partial charge is 0.289 e. The average Bonchev–Trinajstić information content (AvgIpc) is 2.68. The van der Waals surface area contributed by atoms with Gasteiger partial charge in [-0.2, -0.15) is 0 Å². The van der Waals surface area contributed by atoms with Crippen LogP contribution in [0.5, 0.6) is 0 Å². The van der Waals surface area contributed by atoms with Gasteiger partial charge in [-0.1, -0.05) is 31.2 Å². The molecule has 3 rings (SSSR count). The first kappa shape index (κ1) is 19.1.